The topological polar surface area (TPSA) is 262 Å². The smallest absolute Gasteiger partial charge is 0.407 e. The summed E-state index contributed by atoms with van der Waals surface area (Å²) in [5.41, 5.74) is 11.0. The summed E-state index contributed by atoms with van der Waals surface area (Å²) in [5, 5.41) is 17.9. The van der Waals surface area contributed by atoms with Crippen molar-refractivity contribution in [2.24, 2.45) is 5.92 Å². The van der Waals surface area contributed by atoms with Crippen LogP contribution in [0.25, 0.3) is 22.3 Å². The van der Waals surface area contributed by atoms with Crippen LogP contribution in [0, 0.1) is 5.92 Å². The average Bonchev–Trinajstić information content (AvgIpc) is 2.24. The summed E-state index contributed by atoms with van der Waals surface area (Å²) < 4.78 is 30.7. The van der Waals surface area contributed by atoms with Gasteiger partial charge in [0, 0.05) is 64.3 Å². The van der Waals surface area contributed by atoms with Gasteiger partial charge in [0.15, 0.2) is 5.65 Å². The molecule has 5 heterocycles. The number of likely N-dealkylation sites (N-methyl/N-ethyl adjacent to an activating group) is 1. The number of carbonyl (C=O) groups excluding carboxylic acids is 5. The quantitative estimate of drug-likeness (QED) is 0.0358. The summed E-state index contributed by atoms with van der Waals surface area (Å²) in [7, 11) is 1.70. The fourth-order valence-electron chi connectivity index (χ4n) is 13.2. The molecule has 3 aromatic carbocycles. The number of nitrogen functional groups attached to an aromatic ring is 1. The van der Waals surface area contributed by atoms with Gasteiger partial charge in [-0.15, -0.1) is 0 Å². The number of anilines is 1. The molecule has 6 N–H and O–H groups in total. The van der Waals surface area contributed by atoms with Crippen molar-refractivity contribution < 1.29 is 47.7 Å². The lowest BCUT2D eigenvalue weighted by molar-refractivity contribution is -0.143. The van der Waals surface area contributed by atoms with Crippen LogP contribution >= 0.6 is 0 Å². The molecule has 89 heavy (non-hydrogen) atoms. The molecule has 23 nitrogen and oxygen atoms in total. The molecule has 23 heteroatoms. The molecule has 5 aromatic rings. The number of ether oxygens (including phenoxy) is 5. The second-order valence-electron chi connectivity index (χ2n) is 24.2. The van der Waals surface area contributed by atoms with E-state index in [1.165, 1.54) is 11.9 Å². The van der Waals surface area contributed by atoms with Gasteiger partial charge in [-0.25, -0.2) is 19.4 Å². The lowest BCUT2D eigenvalue weighted by Crippen LogP contribution is -2.58. The third-order valence-corrected chi connectivity index (χ3v) is 18.2. The lowest BCUT2D eigenvalue weighted by Gasteiger charge is -2.35. The molecule has 0 radical (unpaired) electrons. The molecule has 10 rings (SSSR count). The number of para-hydroxylation sites is 1. The summed E-state index contributed by atoms with van der Waals surface area (Å²) in [6, 6.07) is 22.6. The van der Waals surface area contributed by atoms with E-state index in [1.54, 1.807) is 18.9 Å². The number of benzene rings is 3. The molecule has 0 unspecified atom stereocenters. The highest BCUT2D eigenvalue weighted by Gasteiger charge is 2.45. The van der Waals surface area contributed by atoms with Gasteiger partial charge in [0.05, 0.1) is 69.2 Å². The molecule has 1 saturated carbocycles. The number of nitrogens with two attached hydrogens (primary N) is 1. The zero-order valence-electron chi connectivity index (χ0n) is 51.9. The fraction of sp³-hybridized carbons (Fsp3) is 0.576. The Hall–Kier alpha value is -7.28. The first-order chi connectivity index (χ1) is 43.5. The van der Waals surface area contributed by atoms with Crippen molar-refractivity contribution in [3.63, 3.8) is 0 Å². The van der Waals surface area contributed by atoms with Gasteiger partial charge in [0.2, 0.25) is 23.6 Å². The molecule has 3 saturated heterocycles. The van der Waals surface area contributed by atoms with Gasteiger partial charge in [0.25, 0.3) is 0 Å². The maximum absolute atomic E-state index is 14.7. The molecule has 4 fully saturated rings. The molecule has 2 aliphatic carbocycles. The van der Waals surface area contributed by atoms with Crippen LogP contribution < -0.4 is 31.7 Å². The SMILES string of the molecule is CN[C@@H](C)C(=O)N[C@H](C(=O)N1C[C@@H](NC(=O)OCCOCCOCCOCCN2CCN(CCCC(=O)N3CCC[C@@H](n4nc(-c5ccc(Oc6ccccc6)cc5)c5c(N)ncnc54)C3)CC2)C[C@H]1C(=O)N[C@@H]1CCCc2ccccc21)C1CCCCC1. The Morgan fingerprint density at radius 2 is 1.40 bits per heavy atom. The summed E-state index contributed by atoms with van der Waals surface area (Å²) in [5.74, 6) is 1.09. The number of alkyl carbamates (subject to hydrolysis) is 1. The zero-order valence-corrected chi connectivity index (χ0v) is 51.9. The number of carbonyl (C=O) groups is 5. The number of piperazine rings is 1. The summed E-state index contributed by atoms with van der Waals surface area (Å²) in [4.78, 5) is 86.3. The fourth-order valence-corrected chi connectivity index (χ4v) is 13.2. The van der Waals surface area contributed by atoms with Crippen molar-refractivity contribution in [3.8, 4) is 22.8 Å². The van der Waals surface area contributed by atoms with E-state index < -0.39 is 30.3 Å². The maximum Gasteiger partial charge on any atom is 0.407 e. The molecule has 5 amide bonds. The van der Waals surface area contributed by atoms with Crippen molar-refractivity contribution in [1.29, 1.82) is 0 Å². The zero-order chi connectivity index (χ0) is 61.9. The van der Waals surface area contributed by atoms with Gasteiger partial charge in [-0.2, -0.15) is 5.10 Å². The minimum Gasteiger partial charge on any atom is -0.457 e. The van der Waals surface area contributed by atoms with Gasteiger partial charge >= 0.3 is 6.09 Å². The molecule has 2 aromatic heterocycles. The highest BCUT2D eigenvalue weighted by molar-refractivity contribution is 5.98. The summed E-state index contributed by atoms with van der Waals surface area (Å²) in [6.07, 6.45) is 11.4. The molecule has 480 valence electrons. The van der Waals surface area contributed by atoms with Crippen molar-refractivity contribution >= 4 is 46.6 Å². The van der Waals surface area contributed by atoms with Crippen LogP contribution in [-0.2, 0) is 44.5 Å². The minimum absolute atomic E-state index is 0.00847. The van der Waals surface area contributed by atoms with E-state index in [0.717, 1.165) is 133 Å². The Bertz CT molecular complexity index is 3100. The molecule has 5 aliphatic rings. The number of piperidine rings is 1. The number of hydrogen-bond acceptors (Lipinski definition) is 17. The molecular formula is C66H91N13O10. The van der Waals surface area contributed by atoms with E-state index in [2.05, 4.69) is 53.2 Å². The van der Waals surface area contributed by atoms with Gasteiger partial charge < -0.3 is 65.4 Å². The highest BCUT2D eigenvalue weighted by atomic mass is 16.6. The number of hydrogen-bond donors (Lipinski definition) is 5. The summed E-state index contributed by atoms with van der Waals surface area (Å²) >= 11 is 0. The van der Waals surface area contributed by atoms with E-state index in [0.29, 0.717) is 74.3 Å². The number of aryl methyl sites for hydroxylation is 1. The normalized spacial score (nSPS) is 20.8. The van der Waals surface area contributed by atoms with E-state index >= 15 is 0 Å². The monoisotopic (exact) mass is 1230 g/mol. The van der Waals surface area contributed by atoms with Crippen LogP contribution in [0.4, 0.5) is 10.6 Å². The van der Waals surface area contributed by atoms with E-state index in [1.807, 2.05) is 76.3 Å². The van der Waals surface area contributed by atoms with Gasteiger partial charge in [-0.05, 0) is 132 Å². The Kier molecular flexibility index (Phi) is 23.6. The van der Waals surface area contributed by atoms with Crippen molar-refractivity contribution in [2.75, 3.05) is 118 Å². The Morgan fingerprint density at radius 1 is 0.708 bits per heavy atom. The Labute approximate surface area is 522 Å². The number of amides is 5. The highest BCUT2D eigenvalue weighted by Crippen LogP contribution is 2.36. The summed E-state index contributed by atoms with van der Waals surface area (Å²) in [6.45, 7) is 11.0. The largest absolute Gasteiger partial charge is 0.457 e. The van der Waals surface area contributed by atoms with Crippen LogP contribution in [-0.4, -0.2) is 205 Å². The van der Waals surface area contributed by atoms with Crippen LogP contribution in [0.5, 0.6) is 11.5 Å². The third kappa shape index (κ3) is 17.6. The number of rotatable bonds is 28. The molecular weight excluding hydrogens is 1130 g/mol. The van der Waals surface area contributed by atoms with E-state index in [-0.39, 0.29) is 67.8 Å². The van der Waals surface area contributed by atoms with Crippen LogP contribution in [0.1, 0.15) is 107 Å². The Morgan fingerprint density at radius 3 is 2.16 bits per heavy atom. The number of nitrogens with zero attached hydrogens (tertiary/aromatic N) is 8. The first-order valence-electron chi connectivity index (χ1n) is 32.4. The predicted molar refractivity (Wildman–Crippen MR) is 337 cm³/mol. The van der Waals surface area contributed by atoms with Gasteiger partial charge in [-0.3, -0.25) is 24.1 Å². The van der Waals surface area contributed by atoms with Gasteiger partial charge in [0.1, 0.15) is 48.0 Å². The third-order valence-electron chi connectivity index (χ3n) is 18.2. The Balaban J connectivity index is 0.575. The van der Waals surface area contributed by atoms with Gasteiger partial charge in [-0.1, -0.05) is 61.7 Å². The van der Waals surface area contributed by atoms with Crippen LogP contribution in [0.2, 0.25) is 0 Å². The van der Waals surface area contributed by atoms with E-state index in [4.69, 9.17) is 34.5 Å². The number of likely N-dealkylation sites (tertiary alicyclic amines) is 2. The second kappa shape index (κ2) is 32.5. The number of nitrogens with one attached hydrogen (secondary N) is 4. The van der Waals surface area contributed by atoms with Crippen LogP contribution in [0.3, 0.4) is 0 Å². The van der Waals surface area contributed by atoms with Crippen LogP contribution in [0.15, 0.2) is 85.2 Å². The molecule has 0 spiro atoms. The predicted octanol–water partition coefficient (Wildman–Crippen LogP) is 6.04. The molecule has 3 aliphatic heterocycles. The van der Waals surface area contributed by atoms with Crippen molar-refractivity contribution in [3.05, 3.63) is 96.3 Å². The first-order valence-corrected chi connectivity index (χ1v) is 32.4. The molecule has 0 bridgehead atoms. The lowest BCUT2D eigenvalue weighted by atomic mass is 9.83. The standard InChI is InChI=1S/C66H91N13O10/c1-46(68-2)63(81)73-60(48-15-5-3-6-16-48)65(83)78-43-50(42-56(78)64(82)72-55-22-11-17-47-14-9-10-21-54(47)55)71-66(84)88-41-40-87-39-38-86-37-36-85-35-34-76-32-30-75(31-33-76)28-13-23-57(80)77-29-12-18-51(44-77)79-62-58(61(67)69-45-70-62)59(74-79)49-24-26-53(27-25-49)89-52-19-7-4-8-20-52/h4,7-10,14,19-21,24-27,45-46,48,50-51,55-56,60,68H,3,5-6,11-13,15-18,22-23,28-44H2,1-2H3,(H,71,84)(H,72,82)(H,73,81)(H2,67,69,70)/t46-,50-,51+,55+,56-,60-/m0/s1. The first kappa shape index (κ1) is 64.7. The number of fused-ring (bicyclic) bond motifs is 2. The van der Waals surface area contributed by atoms with Crippen molar-refractivity contribution in [1.82, 2.24) is 60.6 Å². The second-order valence-corrected chi connectivity index (χ2v) is 24.2. The van der Waals surface area contributed by atoms with E-state index in [9.17, 15) is 24.0 Å². The average molecular weight is 1230 g/mol. The van der Waals surface area contributed by atoms with Crippen molar-refractivity contribution in [2.45, 2.75) is 127 Å². The molecule has 6 atom stereocenters. The maximum atomic E-state index is 14.7. The minimum atomic E-state index is -0.850. The number of aromatic nitrogens is 4.